The van der Waals surface area contributed by atoms with Gasteiger partial charge in [0.15, 0.2) is 0 Å². The molecular weight excluding hydrogens is 394 g/mol. The van der Waals surface area contributed by atoms with E-state index in [-0.39, 0.29) is 11.9 Å². The van der Waals surface area contributed by atoms with Crippen molar-refractivity contribution in [3.8, 4) is 5.75 Å². The molecular formula is C21H24ClN3O2S. The zero-order valence-electron chi connectivity index (χ0n) is 16.5. The number of carbonyl (C=O) groups is 1. The molecule has 5 nitrogen and oxygen atoms in total. The molecule has 0 saturated carbocycles. The molecule has 0 spiro atoms. The number of amides is 1. The predicted molar refractivity (Wildman–Crippen MR) is 113 cm³/mol. The SMILES string of the molecule is CCn1ncc(C(C)NC(=O)c2cc(COc3ccc(Cl)c(C)c3)cs2)c1C. The highest BCUT2D eigenvalue weighted by atomic mass is 35.5. The molecule has 148 valence electrons. The summed E-state index contributed by atoms with van der Waals surface area (Å²) in [4.78, 5) is 13.3. The number of halogens is 1. The van der Waals surface area contributed by atoms with Crippen LogP contribution in [0.25, 0.3) is 0 Å². The molecule has 3 rings (SSSR count). The molecule has 3 aromatic rings. The Labute approximate surface area is 174 Å². The summed E-state index contributed by atoms with van der Waals surface area (Å²) in [5.74, 6) is 0.672. The van der Waals surface area contributed by atoms with Gasteiger partial charge in [-0.3, -0.25) is 9.48 Å². The van der Waals surface area contributed by atoms with Gasteiger partial charge in [-0.2, -0.15) is 5.10 Å². The molecule has 0 aliphatic rings. The van der Waals surface area contributed by atoms with E-state index in [1.807, 2.05) is 68.2 Å². The van der Waals surface area contributed by atoms with Crippen molar-refractivity contribution in [1.29, 1.82) is 0 Å². The molecule has 2 heterocycles. The van der Waals surface area contributed by atoms with Crippen molar-refractivity contribution < 1.29 is 9.53 Å². The second-order valence-electron chi connectivity index (χ2n) is 6.72. The Morgan fingerprint density at radius 2 is 2.14 bits per heavy atom. The lowest BCUT2D eigenvalue weighted by molar-refractivity contribution is 0.0944. The quantitative estimate of drug-likeness (QED) is 0.567. The minimum atomic E-state index is -0.105. The van der Waals surface area contributed by atoms with Crippen LogP contribution in [-0.2, 0) is 13.2 Å². The van der Waals surface area contributed by atoms with Crippen LogP contribution in [0.4, 0.5) is 0 Å². The number of hydrogen-bond donors (Lipinski definition) is 1. The topological polar surface area (TPSA) is 56.2 Å². The highest BCUT2D eigenvalue weighted by molar-refractivity contribution is 7.12. The zero-order chi connectivity index (χ0) is 20.3. The van der Waals surface area contributed by atoms with E-state index < -0.39 is 0 Å². The van der Waals surface area contributed by atoms with Gasteiger partial charge in [0.25, 0.3) is 5.91 Å². The highest BCUT2D eigenvalue weighted by Crippen LogP contribution is 2.23. The van der Waals surface area contributed by atoms with Crippen molar-refractivity contribution in [2.75, 3.05) is 0 Å². The van der Waals surface area contributed by atoms with E-state index >= 15 is 0 Å². The molecule has 1 aromatic carbocycles. The second kappa shape index (κ2) is 8.80. The summed E-state index contributed by atoms with van der Waals surface area (Å²) in [5.41, 5.74) is 4.05. The minimum Gasteiger partial charge on any atom is -0.489 e. The minimum absolute atomic E-state index is 0.0882. The summed E-state index contributed by atoms with van der Waals surface area (Å²) in [6.45, 7) is 9.20. The molecule has 1 unspecified atom stereocenters. The lowest BCUT2D eigenvalue weighted by atomic mass is 10.1. The molecule has 1 amide bonds. The molecule has 0 bridgehead atoms. The van der Waals surface area contributed by atoms with Gasteiger partial charge in [-0.25, -0.2) is 0 Å². The number of thiophene rings is 1. The van der Waals surface area contributed by atoms with Crippen LogP contribution >= 0.6 is 22.9 Å². The summed E-state index contributed by atoms with van der Waals surface area (Å²) >= 11 is 7.45. The van der Waals surface area contributed by atoms with Gasteiger partial charge in [-0.15, -0.1) is 11.3 Å². The molecule has 1 N–H and O–H groups in total. The third-order valence-corrected chi connectivity index (χ3v) is 6.07. The van der Waals surface area contributed by atoms with Crippen molar-refractivity contribution in [2.45, 2.75) is 46.9 Å². The number of nitrogens with one attached hydrogen (secondary N) is 1. The number of nitrogens with zero attached hydrogens (tertiary/aromatic N) is 2. The van der Waals surface area contributed by atoms with Crippen molar-refractivity contribution in [1.82, 2.24) is 15.1 Å². The van der Waals surface area contributed by atoms with Crippen molar-refractivity contribution in [3.63, 3.8) is 0 Å². The lowest BCUT2D eigenvalue weighted by Crippen LogP contribution is -2.26. The van der Waals surface area contributed by atoms with E-state index in [0.29, 0.717) is 11.5 Å². The van der Waals surface area contributed by atoms with E-state index in [1.165, 1.54) is 11.3 Å². The van der Waals surface area contributed by atoms with Crippen LogP contribution in [0.3, 0.4) is 0 Å². The van der Waals surface area contributed by atoms with Gasteiger partial charge in [0.05, 0.1) is 17.1 Å². The summed E-state index contributed by atoms with van der Waals surface area (Å²) in [5, 5.41) is 10.1. The first-order valence-electron chi connectivity index (χ1n) is 9.18. The van der Waals surface area contributed by atoms with E-state index in [9.17, 15) is 4.79 Å². The van der Waals surface area contributed by atoms with E-state index in [0.717, 1.165) is 39.7 Å². The second-order valence-corrected chi connectivity index (χ2v) is 8.03. The first kappa shape index (κ1) is 20.4. The number of hydrogen-bond acceptors (Lipinski definition) is 4. The van der Waals surface area contributed by atoms with Gasteiger partial charge >= 0.3 is 0 Å². The van der Waals surface area contributed by atoms with Crippen LogP contribution < -0.4 is 10.1 Å². The monoisotopic (exact) mass is 417 g/mol. The fourth-order valence-electron chi connectivity index (χ4n) is 2.99. The molecule has 0 aliphatic carbocycles. The Morgan fingerprint density at radius 3 is 2.82 bits per heavy atom. The predicted octanol–water partition coefficient (Wildman–Crippen LogP) is 5.30. The average Bonchev–Trinajstić information content (AvgIpc) is 3.29. The Balaban J connectivity index is 1.60. The van der Waals surface area contributed by atoms with E-state index in [1.54, 1.807) is 0 Å². The number of rotatable bonds is 7. The Hall–Kier alpha value is -2.31. The smallest absolute Gasteiger partial charge is 0.261 e. The van der Waals surface area contributed by atoms with Crippen molar-refractivity contribution in [3.05, 3.63) is 68.1 Å². The molecule has 0 radical (unpaired) electrons. The van der Waals surface area contributed by atoms with Crippen LogP contribution in [0.1, 0.15) is 51.9 Å². The summed E-state index contributed by atoms with van der Waals surface area (Å²) in [7, 11) is 0. The molecule has 1 atom stereocenters. The number of aryl methyl sites for hydroxylation is 2. The summed E-state index contributed by atoms with van der Waals surface area (Å²) in [6.07, 6.45) is 1.82. The fraction of sp³-hybridized carbons (Fsp3) is 0.333. The van der Waals surface area contributed by atoms with E-state index in [2.05, 4.69) is 10.4 Å². The van der Waals surface area contributed by atoms with Gasteiger partial charge in [-0.1, -0.05) is 11.6 Å². The maximum atomic E-state index is 12.6. The van der Waals surface area contributed by atoms with Crippen LogP contribution in [0.2, 0.25) is 5.02 Å². The first-order valence-corrected chi connectivity index (χ1v) is 10.4. The van der Waals surface area contributed by atoms with Crippen molar-refractivity contribution in [2.24, 2.45) is 0 Å². The van der Waals surface area contributed by atoms with Crippen molar-refractivity contribution >= 4 is 28.8 Å². The van der Waals surface area contributed by atoms with Gasteiger partial charge in [-0.05, 0) is 62.9 Å². The van der Waals surface area contributed by atoms with Gasteiger partial charge < -0.3 is 10.1 Å². The van der Waals surface area contributed by atoms with E-state index in [4.69, 9.17) is 16.3 Å². The molecule has 0 saturated heterocycles. The largest absolute Gasteiger partial charge is 0.489 e. The number of carbonyl (C=O) groups excluding carboxylic acids is 1. The van der Waals surface area contributed by atoms with Gasteiger partial charge in [0, 0.05) is 28.4 Å². The van der Waals surface area contributed by atoms with Gasteiger partial charge in [0.1, 0.15) is 12.4 Å². The lowest BCUT2D eigenvalue weighted by Gasteiger charge is -2.13. The Bertz CT molecular complexity index is 980. The van der Waals surface area contributed by atoms with Crippen LogP contribution in [0, 0.1) is 13.8 Å². The Morgan fingerprint density at radius 1 is 1.36 bits per heavy atom. The maximum Gasteiger partial charge on any atom is 0.261 e. The van der Waals surface area contributed by atoms with Crippen LogP contribution in [-0.4, -0.2) is 15.7 Å². The number of ether oxygens (including phenoxy) is 1. The zero-order valence-corrected chi connectivity index (χ0v) is 18.0. The fourth-order valence-corrected chi connectivity index (χ4v) is 3.91. The highest BCUT2D eigenvalue weighted by Gasteiger charge is 2.17. The average molecular weight is 418 g/mol. The third-order valence-electron chi connectivity index (χ3n) is 4.67. The molecule has 2 aromatic heterocycles. The number of aromatic nitrogens is 2. The Kier molecular flexibility index (Phi) is 6.42. The normalized spacial score (nSPS) is 12.0. The van der Waals surface area contributed by atoms with Crippen LogP contribution in [0.15, 0.2) is 35.8 Å². The van der Waals surface area contributed by atoms with Gasteiger partial charge in [0.2, 0.25) is 0 Å². The van der Waals surface area contributed by atoms with Crippen LogP contribution in [0.5, 0.6) is 5.75 Å². The molecule has 0 fully saturated rings. The molecule has 28 heavy (non-hydrogen) atoms. The maximum absolute atomic E-state index is 12.6. The molecule has 7 heteroatoms. The third kappa shape index (κ3) is 4.56. The molecule has 0 aliphatic heterocycles. The summed E-state index contributed by atoms with van der Waals surface area (Å²) in [6, 6.07) is 7.34. The summed E-state index contributed by atoms with van der Waals surface area (Å²) < 4.78 is 7.74. The number of benzene rings is 1. The standard InChI is InChI=1S/C21H24ClN3O2S/c1-5-25-15(4)18(10-23-25)14(3)24-21(26)20-9-16(12-28-20)11-27-17-6-7-19(22)13(2)8-17/h6-10,12,14H,5,11H2,1-4H3,(H,24,26). The first-order chi connectivity index (χ1) is 13.4.